The van der Waals surface area contributed by atoms with Gasteiger partial charge in [0.15, 0.2) is 0 Å². The average Bonchev–Trinajstić information content (AvgIpc) is 2.22. The van der Waals surface area contributed by atoms with E-state index < -0.39 is 0 Å². The van der Waals surface area contributed by atoms with E-state index in [1.54, 1.807) is 0 Å². The van der Waals surface area contributed by atoms with E-state index in [1.165, 1.54) is 24.1 Å². The van der Waals surface area contributed by atoms with E-state index in [1.807, 2.05) is 27.7 Å². The summed E-state index contributed by atoms with van der Waals surface area (Å²) >= 11 is 0. The highest BCUT2D eigenvalue weighted by Gasteiger charge is 2.10. The van der Waals surface area contributed by atoms with Crippen LogP contribution in [0.3, 0.4) is 0 Å². The maximum absolute atomic E-state index is 2.29. The van der Waals surface area contributed by atoms with Crippen molar-refractivity contribution in [1.82, 2.24) is 0 Å². The third-order valence-electron chi connectivity index (χ3n) is 2.29. The molecule has 0 fully saturated rings. The van der Waals surface area contributed by atoms with Crippen molar-refractivity contribution < 1.29 is 4.48 Å². The summed E-state index contributed by atoms with van der Waals surface area (Å²) in [6.45, 7) is 18.5. The molecule has 0 saturated carbocycles. The first-order valence-electron chi connectivity index (χ1n) is 5.52. The minimum atomic E-state index is 1.21. The zero-order valence-electron chi connectivity index (χ0n) is 10.6. The van der Waals surface area contributed by atoms with Crippen LogP contribution in [0.2, 0.25) is 0 Å². The fourth-order valence-corrected chi connectivity index (χ4v) is 0.671. The molecule has 0 aliphatic heterocycles. The Kier molecular flexibility index (Phi) is 20.2. The van der Waals surface area contributed by atoms with Gasteiger partial charge in [0.25, 0.3) is 0 Å². The summed E-state index contributed by atoms with van der Waals surface area (Å²) in [5, 5.41) is 0. The standard InChI is InChI=1S/C7H18N.2C2H6/c1-5-8(4,6-2)7-3;2*1-2/h5-7H2,1-4H3;2*1-2H3/q+1;;. The first kappa shape index (κ1) is 17.9. The fraction of sp³-hybridized carbons (Fsp3) is 1.00. The van der Waals surface area contributed by atoms with E-state index in [-0.39, 0.29) is 0 Å². The highest BCUT2D eigenvalue weighted by molar-refractivity contribution is 4.24. The highest BCUT2D eigenvalue weighted by atomic mass is 15.3. The maximum atomic E-state index is 2.29. The Morgan fingerprint density at radius 1 is 0.667 bits per heavy atom. The first-order chi connectivity index (χ1) is 5.68. The van der Waals surface area contributed by atoms with Crippen molar-refractivity contribution in [3.8, 4) is 0 Å². The monoisotopic (exact) mass is 176 g/mol. The van der Waals surface area contributed by atoms with Crippen LogP contribution in [0.25, 0.3) is 0 Å². The average molecular weight is 176 g/mol. The Balaban J connectivity index is -0.000000175. The van der Waals surface area contributed by atoms with Gasteiger partial charge in [0.2, 0.25) is 0 Å². The quantitative estimate of drug-likeness (QED) is 0.577. The molecule has 0 aromatic rings. The Hall–Kier alpha value is -0.0400. The van der Waals surface area contributed by atoms with E-state index >= 15 is 0 Å². The lowest BCUT2D eigenvalue weighted by molar-refractivity contribution is -0.904. The van der Waals surface area contributed by atoms with E-state index in [4.69, 9.17) is 0 Å². The molecule has 0 N–H and O–H groups in total. The van der Waals surface area contributed by atoms with Crippen molar-refractivity contribution in [2.75, 3.05) is 26.7 Å². The van der Waals surface area contributed by atoms with Crippen LogP contribution < -0.4 is 0 Å². The third-order valence-corrected chi connectivity index (χ3v) is 2.29. The van der Waals surface area contributed by atoms with Crippen LogP contribution in [0.15, 0.2) is 0 Å². The molecule has 0 bridgehead atoms. The van der Waals surface area contributed by atoms with E-state index in [0.29, 0.717) is 0 Å². The second-order valence-corrected chi connectivity index (χ2v) is 2.57. The van der Waals surface area contributed by atoms with E-state index in [9.17, 15) is 0 Å². The predicted molar refractivity (Wildman–Crippen MR) is 60.5 cm³/mol. The van der Waals surface area contributed by atoms with Crippen molar-refractivity contribution in [3.63, 3.8) is 0 Å². The molecule has 1 nitrogen and oxygen atoms in total. The van der Waals surface area contributed by atoms with Gasteiger partial charge in [-0.1, -0.05) is 27.7 Å². The van der Waals surface area contributed by atoms with Gasteiger partial charge in [-0.3, -0.25) is 0 Å². The molecule has 78 valence electrons. The molecule has 0 spiro atoms. The molecule has 1 heteroatoms. The van der Waals surface area contributed by atoms with Crippen LogP contribution in [0.5, 0.6) is 0 Å². The summed E-state index contributed by atoms with van der Waals surface area (Å²) in [5.74, 6) is 0. The SMILES string of the molecule is CC.CC.CC[N+](C)(CC)CC. The Morgan fingerprint density at radius 2 is 0.833 bits per heavy atom. The predicted octanol–water partition coefficient (Wildman–Crippen LogP) is 3.55. The van der Waals surface area contributed by atoms with Crippen molar-refractivity contribution in [1.29, 1.82) is 0 Å². The summed E-state index contributed by atoms with van der Waals surface area (Å²) in [7, 11) is 2.29. The molecule has 0 radical (unpaired) electrons. The van der Waals surface area contributed by atoms with Crippen LogP contribution in [0.1, 0.15) is 48.5 Å². The minimum Gasteiger partial charge on any atom is -0.327 e. The van der Waals surface area contributed by atoms with E-state index in [0.717, 1.165) is 0 Å². The second kappa shape index (κ2) is 13.5. The molecule has 0 aliphatic rings. The lowest BCUT2D eigenvalue weighted by atomic mass is 10.4. The maximum Gasteiger partial charge on any atom is 0.0755 e. The molecule has 0 atom stereocenters. The Labute approximate surface area is 80.4 Å². The summed E-state index contributed by atoms with van der Waals surface area (Å²) in [6, 6.07) is 0. The zero-order valence-corrected chi connectivity index (χ0v) is 10.6. The topological polar surface area (TPSA) is 0 Å². The normalized spacial score (nSPS) is 9.00. The van der Waals surface area contributed by atoms with Crippen molar-refractivity contribution in [2.45, 2.75) is 48.5 Å². The first-order valence-corrected chi connectivity index (χ1v) is 5.52. The number of hydrogen-bond acceptors (Lipinski definition) is 0. The van der Waals surface area contributed by atoms with Gasteiger partial charge in [0.05, 0.1) is 26.7 Å². The number of quaternary nitrogens is 1. The zero-order chi connectivity index (χ0) is 10.6. The molecular weight excluding hydrogens is 146 g/mol. The highest BCUT2D eigenvalue weighted by Crippen LogP contribution is 1.97. The van der Waals surface area contributed by atoms with Crippen LogP contribution >= 0.6 is 0 Å². The molecular formula is C11H30N+. The van der Waals surface area contributed by atoms with Crippen molar-refractivity contribution in [3.05, 3.63) is 0 Å². The molecule has 12 heavy (non-hydrogen) atoms. The van der Waals surface area contributed by atoms with Gasteiger partial charge in [-0.25, -0.2) is 0 Å². The van der Waals surface area contributed by atoms with Gasteiger partial charge < -0.3 is 4.48 Å². The molecule has 0 heterocycles. The lowest BCUT2D eigenvalue weighted by Crippen LogP contribution is -2.42. The second-order valence-electron chi connectivity index (χ2n) is 2.57. The van der Waals surface area contributed by atoms with Crippen molar-refractivity contribution in [2.24, 2.45) is 0 Å². The molecule has 0 rings (SSSR count). The Bertz CT molecular complexity index is 47.8. The molecule has 0 unspecified atom stereocenters. The number of hydrogen-bond donors (Lipinski definition) is 0. The van der Waals surface area contributed by atoms with Crippen LogP contribution in [-0.4, -0.2) is 31.2 Å². The van der Waals surface area contributed by atoms with Crippen molar-refractivity contribution >= 4 is 0 Å². The van der Waals surface area contributed by atoms with Gasteiger partial charge in [-0.15, -0.1) is 0 Å². The van der Waals surface area contributed by atoms with Gasteiger partial charge in [-0.05, 0) is 20.8 Å². The number of nitrogens with zero attached hydrogens (tertiary/aromatic N) is 1. The largest absolute Gasteiger partial charge is 0.327 e. The van der Waals surface area contributed by atoms with Crippen LogP contribution in [-0.2, 0) is 0 Å². The van der Waals surface area contributed by atoms with Gasteiger partial charge in [-0.2, -0.15) is 0 Å². The molecule has 0 aromatic heterocycles. The summed E-state index contributed by atoms with van der Waals surface area (Å²) in [5.41, 5.74) is 0. The summed E-state index contributed by atoms with van der Waals surface area (Å²) < 4.78 is 1.21. The lowest BCUT2D eigenvalue weighted by Gasteiger charge is -2.30. The van der Waals surface area contributed by atoms with Crippen LogP contribution in [0, 0.1) is 0 Å². The third kappa shape index (κ3) is 9.96. The molecule has 0 aliphatic carbocycles. The van der Waals surface area contributed by atoms with Crippen LogP contribution in [0.4, 0.5) is 0 Å². The Morgan fingerprint density at radius 3 is 0.833 bits per heavy atom. The minimum absolute atomic E-state index is 1.21. The van der Waals surface area contributed by atoms with Gasteiger partial charge in [0.1, 0.15) is 0 Å². The summed E-state index contributed by atoms with van der Waals surface area (Å²) in [6.07, 6.45) is 0. The molecule has 0 saturated heterocycles. The van der Waals surface area contributed by atoms with Gasteiger partial charge in [0, 0.05) is 0 Å². The molecule has 0 aromatic carbocycles. The smallest absolute Gasteiger partial charge is 0.0755 e. The van der Waals surface area contributed by atoms with E-state index in [2.05, 4.69) is 27.8 Å². The molecule has 0 amide bonds. The fourth-order valence-electron chi connectivity index (χ4n) is 0.671. The van der Waals surface area contributed by atoms with Gasteiger partial charge >= 0.3 is 0 Å². The number of rotatable bonds is 3. The summed E-state index contributed by atoms with van der Waals surface area (Å²) in [4.78, 5) is 0.